The molecule has 1 heterocycles. The van der Waals surface area contributed by atoms with E-state index in [1.807, 2.05) is 0 Å². The van der Waals surface area contributed by atoms with E-state index in [2.05, 4.69) is 33.0 Å². The Morgan fingerprint density at radius 2 is 1.93 bits per heavy atom. The first-order valence-corrected chi connectivity index (χ1v) is 6.01. The van der Waals surface area contributed by atoms with Crippen molar-refractivity contribution in [2.24, 2.45) is 0 Å². The maximum Gasteiger partial charge on any atom is 0.0814 e. The van der Waals surface area contributed by atoms with Gasteiger partial charge in [0.15, 0.2) is 0 Å². The SMILES string of the molecule is CCNCC1CCC(COC(C)(C)C)O1. The van der Waals surface area contributed by atoms with Gasteiger partial charge >= 0.3 is 0 Å². The summed E-state index contributed by atoms with van der Waals surface area (Å²) in [6.07, 6.45) is 2.98. The first kappa shape index (κ1) is 12.9. The minimum absolute atomic E-state index is 0.0525. The summed E-state index contributed by atoms with van der Waals surface area (Å²) >= 11 is 0. The Kier molecular flexibility index (Phi) is 5.03. The van der Waals surface area contributed by atoms with Crippen molar-refractivity contribution in [1.82, 2.24) is 5.32 Å². The maximum atomic E-state index is 5.87. The zero-order chi connectivity index (χ0) is 11.3. The molecule has 0 aromatic carbocycles. The minimum Gasteiger partial charge on any atom is -0.373 e. The van der Waals surface area contributed by atoms with E-state index in [-0.39, 0.29) is 5.60 Å². The Hall–Kier alpha value is -0.120. The van der Waals surface area contributed by atoms with Gasteiger partial charge < -0.3 is 14.8 Å². The summed E-state index contributed by atoms with van der Waals surface area (Å²) in [7, 11) is 0. The number of likely N-dealkylation sites (N-methyl/N-ethyl adjacent to an activating group) is 1. The van der Waals surface area contributed by atoms with Gasteiger partial charge in [-0.25, -0.2) is 0 Å². The van der Waals surface area contributed by atoms with Crippen LogP contribution in [0, 0.1) is 0 Å². The summed E-state index contributed by atoms with van der Waals surface area (Å²) in [5, 5.41) is 3.32. The predicted octanol–water partition coefficient (Wildman–Crippen LogP) is 1.96. The monoisotopic (exact) mass is 215 g/mol. The molecule has 1 fully saturated rings. The molecule has 1 aliphatic rings. The normalized spacial score (nSPS) is 27.2. The van der Waals surface area contributed by atoms with Gasteiger partial charge in [-0.3, -0.25) is 0 Å². The van der Waals surface area contributed by atoms with Gasteiger partial charge in [0.1, 0.15) is 0 Å². The second kappa shape index (κ2) is 5.83. The van der Waals surface area contributed by atoms with Crippen molar-refractivity contribution in [3.63, 3.8) is 0 Å². The summed E-state index contributed by atoms with van der Waals surface area (Å²) in [5.41, 5.74) is -0.0525. The van der Waals surface area contributed by atoms with E-state index >= 15 is 0 Å². The molecule has 1 N–H and O–H groups in total. The molecule has 0 spiro atoms. The Labute approximate surface area is 93.5 Å². The molecule has 0 aromatic heterocycles. The third-order valence-corrected chi connectivity index (χ3v) is 2.52. The van der Waals surface area contributed by atoms with Crippen LogP contribution in [0.4, 0.5) is 0 Å². The molecule has 15 heavy (non-hydrogen) atoms. The average Bonchev–Trinajstić information content (AvgIpc) is 2.58. The standard InChI is InChI=1S/C12H25NO2/c1-5-13-8-10-6-7-11(15-10)9-14-12(2,3)4/h10-11,13H,5-9H2,1-4H3. The average molecular weight is 215 g/mol. The van der Waals surface area contributed by atoms with Crippen LogP contribution < -0.4 is 5.32 Å². The van der Waals surface area contributed by atoms with E-state index in [1.165, 1.54) is 0 Å². The Morgan fingerprint density at radius 3 is 2.53 bits per heavy atom. The molecule has 3 heteroatoms. The van der Waals surface area contributed by atoms with E-state index in [1.54, 1.807) is 0 Å². The highest BCUT2D eigenvalue weighted by atomic mass is 16.6. The summed E-state index contributed by atoms with van der Waals surface area (Å²) in [6, 6.07) is 0. The molecule has 2 unspecified atom stereocenters. The maximum absolute atomic E-state index is 5.87. The molecule has 1 saturated heterocycles. The summed E-state index contributed by atoms with van der Waals surface area (Å²) in [6.45, 7) is 11.1. The van der Waals surface area contributed by atoms with Gasteiger partial charge in [0.25, 0.3) is 0 Å². The second-order valence-corrected chi connectivity index (χ2v) is 5.19. The van der Waals surface area contributed by atoms with Crippen LogP contribution in [0.25, 0.3) is 0 Å². The lowest BCUT2D eigenvalue weighted by molar-refractivity contribution is -0.0687. The molecular formula is C12H25NO2. The third kappa shape index (κ3) is 5.50. The van der Waals surface area contributed by atoms with Crippen LogP contribution in [0.5, 0.6) is 0 Å². The summed E-state index contributed by atoms with van der Waals surface area (Å²) < 4.78 is 11.6. The first-order chi connectivity index (χ1) is 7.01. The van der Waals surface area contributed by atoms with Gasteiger partial charge in [-0.2, -0.15) is 0 Å². The highest BCUT2D eigenvalue weighted by molar-refractivity contribution is 4.75. The van der Waals surface area contributed by atoms with E-state index in [4.69, 9.17) is 9.47 Å². The lowest BCUT2D eigenvalue weighted by Gasteiger charge is -2.22. The zero-order valence-electron chi connectivity index (χ0n) is 10.5. The van der Waals surface area contributed by atoms with Gasteiger partial charge in [0.2, 0.25) is 0 Å². The summed E-state index contributed by atoms with van der Waals surface area (Å²) in [5.74, 6) is 0. The van der Waals surface area contributed by atoms with Crippen LogP contribution in [0.1, 0.15) is 40.5 Å². The number of hydrogen-bond donors (Lipinski definition) is 1. The molecule has 1 rings (SSSR count). The smallest absolute Gasteiger partial charge is 0.0814 e. The fourth-order valence-corrected chi connectivity index (χ4v) is 1.70. The van der Waals surface area contributed by atoms with Gasteiger partial charge in [-0.15, -0.1) is 0 Å². The molecule has 90 valence electrons. The van der Waals surface area contributed by atoms with Crippen molar-refractivity contribution in [2.75, 3.05) is 19.7 Å². The van der Waals surface area contributed by atoms with E-state index in [0.717, 1.165) is 32.5 Å². The van der Waals surface area contributed by atoms with Crippen LogP contribution in [-0.4, -0.2) is 37.5 Å². The van der Waals surface area contributed by atoms with Gasteiger partial charge in [-0.05, 0) is 40.2 Å². The molecule has 2 atom stereocenters. The number of ether oxygens (including phenoxy) is 2. The van der Waals surface area contributed by atoms with Crippen molar-refractivity contribution in [1.29, 1.82) is 0 Å². The summed E-state index contributed by atoms with van der Waals surface area (Å²) in [4.78, 5) is 0. The van der Waals surface area contributed by atoms with Crippen molar-refractivity contribution in [2.45, 2.75) is 58.3 Å². The van der Waals surface area contributed by atoms with Crippen molar-refractivity contribution >= 4 is 0 Å². The van der Waals surface area contributed by atoms with E-state index in [9.17, 15) is 0 Å². The first-order valence-electron chi connectivity index (χ1n) is 6.01. The second-order valence-electron chi connectivity index (χ2n) is 5.19. The van der Waals surface area contributed by atoms with Gasteiger partial charge in [0, 0.05) is 6.54 Å². The highest BCUT2D eigenvalue weighted by Crippen LogP contribution is 2.21. The topological polar surface area (TPSA) is 30.5 Å². The van der Waals surface area contributed by atoms with Crippen LogP contribution in [0.3, 0.4) is 0 Å². The fraction of sp³-hybridized carbons (Fsp3) is 1.00. The highest BCUT2D eigenvalue weighted by Gasteiger charge is 2.26. The molecular weight excluding hydrogens is 190 g/mol. The largest absolute Gasteiger partial charge is 0.373 e. The predicted molar refractivity (Wildman–Crippen MR) is 62.1 cm³/mol. The zero-order valence-corrected chi connectivity index (χ0v) is 10.5. The minimum atomic E-state index is -0.0525. The Bertz CT molecular complexity index is 177. The number of nitrogens with one attached hydrogen (secondary N) is 1. The lowest BCUT2D eigenvalue weighted by Crippen LogP contribution is -2.29. The van der Waals surface area contributed by atoms with E-state index < -0.39 is 0 Å². The van der Waals surface area contributed by atoms with Crippen molar-refractivity contribution in [3.05, 3.63) is 0 Å². The van der Waals surface area contributed by atoms with Gasteiger partial charge in [-0.1, -0.05) is 6.92 Å². The quantitative estimate of drug-likeness (QED) is 0.760. The molecule has 0 radical (unpaired) electrons. The molecule has 3 nitrogen and oxygen atoms in total. The van der Waals surface area contributed by atoms with Crippen LogP contribution in [-0.2, 0) is 9.47 Å². The third-order valence-electron chi connectivity index (χ3n) is 2.52. The Morgan fingerprint density at radius 1 is 1.27 bits per heavy atom. The van der Waals surface area contributed by atoms with Gasteiger partial charge in [0.05, 0.1) is 24.4 Å². The molecule has 1 aliphatic heterocycles. The van der Waals surface area contributed by atoms with Crippen molar-refractivity contribution < 1.29 is 9.47 Å². The fourth-order valence-electron chi connectivity index (χ4n) is 1.70. The molecule has 0 saturated carbocycles. The molecule has 0 aromatic rings. The van der Waals surface area contributed by atoms with Crippen LogP contribution in [0.2, 0.25) is 0 Å². The lowest BCUT2D eigenvalue weighted by atomic mass is 10.1. The number of rotatable bonds is 5. The number of hydrogen-bond acceptors (Lipinski definition) is 3. The Balaban J connectivity index is 2.13. The molecule has 0 amide bonds. The van der Waals surface area contributed by atoms with Crippen LogP contribution in [0.15, 0.2) is 0 Å². The van der Waals surface area contributed by atoms with Crippen LogP contribution >= 0.6 is 0 Å². The van der Waals surface area contributed by atoms with E-state index in [0.29, 0.717) is 12.2 Å². The van der Waals surface area contributed by atoms with Crippen molar-refractivity contribution in [3.8, 4) is 0 Å². The molecule has 0 aliphatic carbocycles. The molecule has 0 bridgehead atoms.